The quantitative estimate of drug-likeness (QED) is 0.488. The lowest BCUT2D eigenvalue weighted by atomic mass is 10.4. The lowest BCUT2D eigenvalue weighted by Crippen LogP contribution is -2.39. The zero-order valence-electron chi connectivity index (χ0n) is 17.3. The van der Waals surface area contributed by atoms with Gasteiger partial charge in [-0.25, -0.2) is 13.4 Å². The maximum absolute atomic E-state index is 13.2. The fourth-order valence-corrected chi connectivity index (χ4v) is 4.65. The average molecular weight is 443 g/mol. The van der Waals surface area contributed by atoms with Crippen molar-refractivity contribution in [3.8, 4) is 0 Å². The predicted octanol–water partition coefficient (Wildman–Crippen LogP) is 2.43. The Balaban J connectivity index is 1.58. The lowest BCUT2D eigenvalue weighted by molar-refractivity contribution is 0.0398. The van der Waals surface area contributed by atoms with Gasteiger partial charge in [0.25, 0.3) is 0 Å². The van der Waals surface area contributed by atoms with Crippen molar-refractivity contribution < 1.29 is 13.2 Å². The zero-order valence-corrected chi connectivity index (χ0v) is 18.2. The van der Waals surface area contributed by atoms with E-state index in [1.165, 1.54) is 6.07 Å². The van der Waals surface area contributed by atoms with E-state index < -0.39 is 9.84 Å². The van der Waals surface area contributed by atoms with Gasteiger partial charge in [-0.05, 0) is 25.1 Å². The van der Waals surface area contributed by atoms with Crippen LogP contribution in [-0.2, 0) is 14.6 Å². The van der Waals surface area contributed by atoms with Crippen molar-refractivity contribution in [3.63, 3.8) is 0 Å². The molecule has 10 heteroatoms. The van der Waals surface area contributed by atoms with Gasteiger partial charge in [0.1, 0.15) is 11.6 Å². The molecule has 1 saturated heterocycles. The molecule has 0 atom stereocenters. The van der Waals surface area contributed by atoms with Crippen LogP contribution in [0.1, 0.15) is 5.69 Å². The van der Waals surface area contributed by atoms with Crippen LogP contribution >= 0.6 is 0 Å². The van der Waals surface area contributed by atoms with Crippen molar-refractivity contribution >= 4 is 27.3 Å². The van der Waals surface area contributed by atoms with Gasteiger partial charge in [0.2, 0.25) is 9.84 Å². The van der Waals surface area contributed by atoms with Crippen molar-refractivity contribution in [1.29, 1.82) is 0 Å². The van der Waals surface area contributed by atoms with E-state index in [1.807, 2.05) is 13.0 Å². The number of hydrogen-bond acceptors (Lipinski definition) is 8. The zero-order chi connectivity index (χ0) is 21.7. The largest absolute Gasteiger partial charge is 0.379 e. The molecule has 0 radical (unpaired) electrons. The van der Waals surface area contributed by atoms with Crippen LogP contribution in [0.5, 0.6) is 0 Å². The molecule has 1 fully saturated rings. The Kier molecular flexibility index (Phi) is 6.50. The molecular weight excluding hydrogens is 416 g/mol. The van der Waals surface area contributed by atoms with Crippen molar-refractivity contribution in [2.24, 2.45) is 0 Å². The minimum absolute atomic E-state index is 0.164. The molecule has 1 aromatic carbocycles. The second-order valence-electron chi connectivity index (χ2n) is 7.33. The molecule has 0 aliphatic carbocycles. The Labute approximate surface area is 181 Å². The number of hydrogen-bond donors (Lipinski definition) is 3. The molecule has 1 aliphatic heterocycles. The van der Waals surface area contributed by atoms with Crippen LogP contribution < -0.4 is 10.6 Å². The number of H-pyrrole nitrogens is 1. The van der Waals surface area contributed by atoms with Crippen molar-refractivity contribution in [2.45, 2.75) is 16.7 Å². The fourth-order valence-electron chi connectivity index (χ4n) is 3.33. The smallest absolute Gasteiger partial charge is 0.206 e. The summed E-state index contributed by atoms with van der Waals surface area (Å²) in [5.74, 6) is 1.45. The lowest BCUT2D eigenvalue weighted by Gasteiger charge is -2.26. The molecule has 3 aromatic rings. The van der Waals surface area contributed by atoms with Gasteiger partial charge in [0.15, 0.2) is 5.82 Å². The summed E-state index contributed by atoms with van der Waals surface area (Å²) >= 11 is 0. The maximum atomic E-state index is 13.2. The molecule has 0 spiro atoms. The number of nitrogens with zero attached hydrogens (tertiary/aromatic N) is 3. The van der Waals surface area contributed by atoms with Gasteiger partial charge >= 0.3 is 0 Å². The number of morpholine rings is 1. The Hall–Kier alpha value is -2.95. The number of anilines is 3. The molecule has 2 aromatic heterocycles. The topological polar surface area (TPSA) is 112 Å². The summed E-state index contributed by atoms with van der Waals surface area (Å²) in [6, 6.07) is 13.3. The molecule has 0 unspecified atom stereocenters. The van der Waals surface area contributed by atoms with Crippen LogP contribution in [0.4, 0.5) is 17.5 Å². The van der Waals surface area contributed by atoms with E-state index >= 15 is 0 Å². The number of rotatable bonds is 8. The van der Waals surface area contributed by atoms with Gasteiger partial charge in [-0.15, -0.1) is 0 Å². The van der Waals surface area contributed by atoms with Gasteiger partial charge in [0, 0.05) is 44.0 Å². The third-order valence-electron chi connectivity index (χ3n) is 4.96. The molecule has 3 heterocycles. The molecule has 9 nitrogen and oxygen atoms in total. The average Bonchev–Trinajstić information content (AvgIpc) is 3.19. The third-order valence-corrected chi connectivity index (χ3v) is 6.71. The Morgan fingerprint density at radius 1 is 1.03 bits per heavy atom. The van der Waals surface area contributed by atoms with E-state index in [0.29, 0.717) is 24.0 Å². The van der Waals surface area contributed by atoms with Gasteiger partial charge in [-0.1, -0.05) is 18.2 Å². The SMILES string of the molecule is Cc1cc(Nc2cc(S(=O)(=O)c3ccccc3)cc(NCCN3CCOCC3)n2)n[nH]1. The predicted molar refractivity (Wildman–Crippen MR) is 118 cm³/mol. The van der Waals surface area contributed by atoms with Gasteiger partial charge in [-0.2, -0.15) is 5.10 Å². The van der Waals surface area contributed by atoms with Crippen LogP contribution in [0.15, 0.2) is 58.3 Å². The normalized spacial score (nSPS) is 15.0. The Morgan fingerprint density at radius 3 is 2.48 bits per heavy atom. The summed E-state index contributed by atoms with van der Waals surface area (Å²) in [5, 5.41) is 13.3. The number of aryl methyl sites for hydroxylation is 1. The number of aromatic nitrogens is 3. The van der Waals surface area contributed by atoms with Gasteiger partial charge in [0.05, 0.1) is 23.0 Å². The molecule has 3 N–H and O–H groups in total. The first-order valence-corrected chi connectivity index (χ1v) is 11.6. The van der Waals surface area contributed by atoms with Crippen LogP contribution in [-0.4, -0.2) is 67.9 Å². The van der Waals surface area contributed by atoms with E-state index in [4.69, 9.17) is 4.74 Å². The summed E-state index contributed by atoms with van der Waals surface area (Å²) in [6.45, 7) is 6.61. The first-order chi connectivity index (χ1) is 15.0. The molecular formula is C21H26N6O3S. The first kappa shape index (κ1) is 21.3. The van der Waals surface area contributed by atoms with E-state index in [9.17, 15) is 8.42 Å². The molecule has 0 saturated carbocycles. The van der Waals surface area contributed by atoms with Crippen molar-refractivity contribution in [1.82, 2.24) is 20.1 Å². The fraction of sp³-hybridized carbons (Fsp3) is 0.333. The molecule has 31 heavy (non-hydrogen) atoms. The van der Waals surface area contributed by atoms with Crippen molar-refractivity contribution in [2.75, 3.05) is 50.0 Å². The summed E-state index contributed by atoms with van der Waals surface area (Å²) < 4.78 is 31.8. The maximum Gasteiger partial charge on any atom is 0.206 e. The number of nitrogens with one attached hydrogen (secondary N) is 3. The first-order valence-electron chi connectivity index (χ1n) is 10.2. The standard InChI is InChI=1S/C21H26N6O3S/c1-16-13-21(26-25-16)24-20-15-18(31(28,29)17-5-3-2-4-6-17)14-19(23-20)22-7-8-27-9-11-30-12-10-27/h2-6,13-15H,7-12H2,1H3,(H3,22,23,24,25,26). The van der Waals surface area contributed by atoms with E-state index in [-0.39, 0.29) is 9.79 Å². The molecule has 164 valence electrons. The highest BCUT2D eigenvalue weighted by molar-refractivity contribution is 7.91. The van der Waals surface area contributed by atoms with Gasteiger partial charge in [-0.3, -0.25) is 10.00 Å². The van der Waals surface area contributed by atoms with Crippen LogP contribution in [0.3, 0.4) is 0 Å². The summed E-state index contributed by atoms with van der Waals surface area (Å²) in [4.78, 5) is 7.24. The number of pyridine rings is 1. The van der Waals surface area contributed by atoms with Crippen molar-refractivity contribution in [3.05, 3.63) is 54.2 Å². The third kappa shape index (κ3) is 5.40. The number of aromatic amines is 1. The highest BCUT2D eigenvalue weighted by atomic mass is 32.2. The van der Waals surface area contributed by atoms with Crippen LogP contribution in [0.2, 0.25) is 0 Å². The highest BCUT2D eigenvalue weighted by Crippen LogP contribution is 2.26. The number of ether oxygens (including phenoxy) is 1. The summed E-state index contributed by atoms with van der Waals surface area (Å²) in [6.07, 6.45) is 0. The molecule has 0 bridgehead atoms. The number of benzene rings is 1. The summed E-state index contributed by atoms with van der Waals surface area (Å²) in [5.41, 5.74) is 0.888. The summed E-state index contributed by atoms with van der Waals surface area (Å²) in [7, 11) is -3.69. The Morgan fingerprint density at radius 2 is 1.77 bits per heavy atom. The second kappa shape index (κ2) is 9.46. The van der Waals surface area contributed by atoms with E-state index in [2.05, 4.69) is 30.7 Å². The molecule has 1 aliphatic rings. The second-order valence-corrected chi connectivity index (χ2v) is 9.28. The van der Waals surface area contributed by atoms with E-state index in [1.54, 1.807) is 36.4 Å². The molecule has 4 rings (SSSR count). The van der Waals surface area contributed by atoms with Crippen LogP contribution in [0.25, 0.3) is 0 Å². The van der Waals surface area contributed by atoms with Crippen LogP contribution in [0, 0.1) is 6.92 Å². The van der Waals surface area contributed by atoms with E-state index in [0.717, 1.165) is 38.5 Å². The minimum atomic E-state index is -3.69. The minimum Gasteiger partial charge on any atom is -0.379 e. The monoisotopic (exact) mass is 442 g/mol. The van der Waals surface area contributed by atoms with Gasteiger partial charge < -0.3 is 15.4 Å². The highest BCUT2D eigenvalue weighted by Gasteiger charge is 2.20. The number of sulfone groups is 1. The molecule has 0 amide bonds. The Bertz CT molecular complexity index is 1110.